The normalized spacial score (nSPS) is 0. The van der Waals surface area contributed by atoms with Crippen LogP contribution in [-0.4, -0.2) is 28.5 Å². The van der Waals surface area contributed by atoms with Crippen LogP contribution in [0.1, 0.15) is 0 Å². The van der Waals surface area contributed by atoms with Crippen molar-refractivity contribution in [2.45, 2.75) is 0 Å². The van der Waals surface area contributed by atoms with Crippen LogP contribution in [-0.2, 0) is 0 Å². The van der Waals surface area contributed by atoms with E-state index >= 15 is 0 Å². The van der Waals surface area contributed by atoms with Gasteiger partial charge in [0.05, 0.1) is 0 Å². The molecule has 0 atom stereocenters. The zero-order valence-electron chi connectivity index (χ0n) is 1.58. The van der Waals surface area contributed by atoms with Crippen molar-refractivity contribution in [3.8, 4) is 0 Å². The van der Waals surface area contributed by atoms with Gasteiger partial charge in [-0.15, -0.1) is 0 Å². The fourth-order valence-corrected chi connectivity index (χ4v) is 0. The third-order valence-corrected chi connectivity index (χ3v) is 0. The molecule has 0 aromatic rings. The first kappa shape index (κ1) is 26.6. The molecule has 4 heteroatoms. The van der Waals surface area contributed by atoms with E-state index in [1.165, 1.54) is 0 Å². The second-order valence-electron chi connectivity index (χ2n) is 0. The van der Waals surface area contributed by atoms with Gasteiger partial charge in [-0.05, 0) is 0 Å². The van der Waals surface area contributed by atoms with Crippen LogP contribution in [0.5, 0.6) is 0 Å². The van der Waals surface area contributed by atoms with E-state index in [1.807, 2.05) is 0 Å². The summed E-state index contributed by atoms with van der Waals surface area (Å²) in [4.78, 5) is 0. The van der Waals surface area contributed by atoms with E-state index in [2.05, 4.69) is 0 Å². The van der Waals surface area contributed by atoms with Gasteiger partial charge in [0.25, 0.3) is 0 Å². The quantitative estimate of drug-likeness (QED) is 0.474. The molecule has 0 heterocycles. The second-order valence-corrected chi connectivity index (χ2v) is 0. The molecule has 0 saturated carbocycles. The zero-order valence-corrected chi connectivity index (χ0v) is 8.34. The van der Waals surface area contributed by atoms with E-state index in [-0.39, 0.29) is 106 Å². The van der Waals surface area contributed by atoms with Gasteiger partial charge in [0, 0.05) is 77.3 Å². The van der Waals surface area contributed by atoms with Crippen molar-refractivity contribution < 1.29 is 82.8 Å². The molecule has 0 rings (SSSR count). The molecule has 0 aliphatic heterocycles. The maximum atomic E-state index is 0. The molecule has 4 heavy (non-hydrogen) atoms. The van der Waals surface area contributed by atoms with Crippen LogP contribution in [0.4, 0.5) is 0 Å². The van der Waals surface area contributed by atoms with Crippen molar-refractivity contribution in [2.75, 3.05) is 0 Å². The minimum atomic E-state index is 0. The standard InChI is InChI=1S/Ce.La.Mg.H2O.2H/h;;;1H2;;. The average Bonchev–Trinajstić information content (AvgIpc) is 0. The third kappa shape index (κ3) is 9.00. The maximum Gasteiger partial charge on any atom is 0.316 e. The van der Waals surface area contributed by atoms with Gasteiger partial charge in [0.2, 0.25) is 0 Å². The first-order valence-electron chi connectivity index (χ1n) is 0. The molecule has 0 bridgehead atoms. The Morgan fingerprint density at radius 3 is 1.00 bits per heavy atom. The zero-order chi connectivity index (χ0) is 0. The third-order valence-electron chi connectivity index (χ3n) is 0. The predicted molar refractivity (Wildman–Crippen MR) is 12.2 cm³/mol. The van der Waals surface area contributed by atoms with Crippen molar-refractivity contribution in [3.63, 3.8) is 0 Å². The molecule has 0 aliphatic carbocycles. The molecular weight excluding hydrogens is 319 g/mol. The van der Waals surface area contributed by atoms with Crippen LogP contribution in [0.3, 0.4) is 0 Å². The molecule has 0 fully saturated rings. The number of rotatable bonds is 0. The van der Waals surface area contributed by atoms with Crippen molar-refractivity contribution in [3.05, 3.63) is 0 Å². The van der Waals surface area contributed by atoms with Gasteiger partial charge in [0.15, 0.2) is 0 Å². The van der Waals surface area contributed by atoms with Crippen LogP contribution in [0.25, 0.3) is 0 Å². The topological polar surface area (TPSA) is 31.5 Å². The fraction of sp³-hybridized carbons (Fsp3) is 0. The summed E-state index contributed by atoms with van der Waals surface area (Å²) in [7, 11) is 0. The van der Waals surface area contributed by atoms with E-state index in [4.69, 9.17) is 0 Å². The van der Waals surface area contributed by atoms with Crippen LogP contribution in [0.2, 0.25) is 0 Å². The van der Waals surface area contributed by atoms with Gasteiger partial charge in [-0.2, -0.15) is 0 Å². The molecule has 1 radical (unpaired) electrons. The summed E-state index contributed by atoms with van der Waals surface area (Å²) >= 11 is 0. The molecule has 0 unspecified atom stereocenters. The Morgan fingerprint density at radius 1 is 1.00 bits per heavy atom. The van der Waals surface area contributed by atoms with Crippen LogP contribution < -0.4 is 0 Å². The first-order chi connectivity index (χ1) is 0. The van der Waals surface area contributed by atoms with Gasteiger partial charge in [0.1, 0.15) is 0 Å². The Morgan fingerprint density at radius 2 is 1.00 bits per heavy atom. The minimum absolute atomic E-state index is 0. The molecule has 0 aromatic carbocycles. The van der Waals surface area contributed by atoms with Gasteiger partial charge < -0.3 is 5.48 Å². The average molecular weight is 323 g/mol. The van der Waals surface area contributed by atoms with Crippen molar-refractivity contribution in [1.82, 2.24) is 0 Å². The fourth-order valence-electron chi connectivity index (χ4n) is 0. The van der Waals surface area contributed by atoms with E-state index in [0.29, 0.717) is 0 Å². The molecule has 0 spiro atoms. The summed E-state index contributed by atoms with van der Waals surface area (Å²) < 4.78 is 0. The molecule has 0 saturated heterocycles. The number of hydrogen-bond donors (Lipinski definition) is 0. The Kier molecular flexibility index (Phi) is 108. The smallest absolute Gasteiger partial charge is 0.316 e. The summed E-state index contributed by atoms with van der Waals surface area (Å²) in [6.07, 6.45) is 0. The summed E-state index contributed by atoms with van der Waals surface area (Å²) in [6.45, 7) is 0. The van der Waals surface area contributed by atoms with E-state index in [1.54, 1.807) is 0 Å². The Labute approximate surface area is 103 Å². The van der Waals surface area contributed by atoms with Gasteiger partial charge in [-0.3, -0.25) is 0 Å². The SMILES string of the molecule is O.[Ce].[La].[MgH2]. The summed E-state index contributed by atoms with van der Waals surface area (Å²) in [6, 6.07) is 0. The van der Waals surface area contributed by atoms with Crippen LogP contribution >= 0.6 is 0 Å². The second kappa shape index (κ2) is 16.3. The molecule has 0 amide bonds. The van der Waals surface area contributed by atoms with Gasteiger partial charge in [-0.25, -0.2) is 0 Å². The molecular formula is H4CeLaMgO. The van der Waals surface area contributed by atoms with Crippen LogP contribution in [0, 0.1) is 77.3 Å². The minimum Gasteiger partial charge on any atom is -0.412 e. The summed E-state index contributed by atoms with van der Waals surface area (Å²) in [5.41, 5.74) is 0. The predicted octanol–water partition coefficient (Wildman–Crippen LogP) is -1.74. The Hall–Kier alpha value is 3.30. The summed E-state index contributed by atoms with van der Waals surface area (Å²) in [5.74, 6) is 0. The van der Waals surface area contributed by atoms with Crippen LogP contribution in [0.15, 0.2) is 0 Å². The van der Waals surface area contributed by atoms with Gasteiger partial charge in [-0.1, -0.05) is 0 Å². The maximum absolute atomic E-state index is 0. The van der Waals surface area contributed by atoms with Gasteiger partial charge >= 0.3 is 23.1 Å². The summed E-state index contributed by atoms with van der Waals surface area (Å²) in [5, 5.41) is 0. The van der Waals surface area contributed by atoms with E-state index in [9.17, 15) is 0 Å². The van der Waals surface area contributed by atoms with Crippen molar-refractivity contribution in [1.29, 1.82) is 0 Å². The molecule has 0 aliphatic rings. The monoisotopic (exact) mass is 323 g/mol. The molecule has 19 valence electrons. The molecule has 1 nitrogen and oxygen atoms in total. The number of hydrogen-bond acceptors (Lipinski definition) is 0. The van der Waals surface area contributed by atoms with Crippen molar-refractivity contribution in [2.24, 2.45) is 0 Å². The van der Waals surface area contributed by atoms with Crippen molar-refractivity contribution >= 4 is 23.1 Å². The Balaban J connectivity index is 0. The van der Waals surface area contributed by atoms with E-state index < -0.39 is 0 Å². The Bertz CT molecular complexity index is 8.00. The first-order valence-corrected chi connectivity index (χ1v) is 0. The van der Waals surface area contributed by atoms with E-state index in [0.717, 1.165) is 0 Å². The molecule has 0 aromatic heterocycles. The molecule has 2 N–H and O–H groups in total. The largest absolute Gasteiger partial charge is 0.412 e.